The normalized spacial score (nSPS) is 16.7. The number of sulfone groups is 3. The Labute approximate surface area is 626 Å². The van der Waals surface area contributed by atoms with Crippen LogP contribution in [0.3, 0.4) is 0 Å². The number of hydrogen-bond donors (Lipinski definition) is 1. The predicted octanol–water partition coefficient (Wildman–Crippen LogP) is 11.8. The van der Waals surface area contributed by atoms with Crippen molar-refractivity contribution in [1.29, 1.82) is 0 Å². The van der Waals surface area contributed by atoms with Crippen LogP contribution in [0.1, 0.15) is 146 Å². The summed E-state index contributed by atoms with van der Waals surface area (Å²) in [5, 5.41) is 8.58. The summed E-state index contributed by atoms with van der Waals surface area (Å²) in [4.78, 5) is 87.0. The van der Waals surface area contributed by atoms with Crippen LogP contribution >= 0.6 is 23.2 Å². The van der Waals surface area contributed by atoms with E-state index in [9.17, 15) is 44.4 Å². The molecule has 12 rings (SSSR count). The fourth-order valence-electron chi connectivity index (χ4n) is 9.98. The average molecular weight is 1570 g/mol. The maximum absolute atomic E-state index is 12.2. The Morgan fingerprint density at radius 2 is 0.755 bits per heavy atom. The van der Waals surface area contributed by atoms with E-state index in [0.29, 0.717) is 125 Å². The standard InChI is InChI=1S/C22H28N4O6S.C21H26N4O6S.C14H20ClN3O3.C8H9NO3S.C4H7ClO2/c1-22(2,3)32-21(27)26-10-8-15(9-11-26)30-18-12-19(25-14-24-18)31-16-4-7-20(23-13-16)33(28,29)17-5-6-17;1-14(2)29-21(26)25-9-7-15(8-10-25)30-18-11-19(24-13-23-18)31-16-3-6-20(22-12-16)32(27,28)17-4-5-17;1-14(2,3)21-13(19)18-6-4-10(5-7-18)20-12-8-11(15)16-9-17-12;10-6-1-4-8(9-5-6)13(11,12)7-2-3-7;1-3(2)7-4(5)6/h4,7,12-15,17H,5-6,8-11H2,1-3H3;3,6,11-15,17H,4-5,7-10H2,1-2H3;8-10H,4-7H2,1-3H3;1,4-5,7,10H,2-3H2;3H,1-2H3. The van der Waals surface area contributed by atoms with Gasteiger partial charge in [0.25, 0.3) is 0 Å². The molecule has 3 aliphatic carbocycles. The van der Waals surface area contributed by atoms with Crippen LogP contribution in [0.5, 0.6) is 46.6 Å². The number of hydrogen-bond acceptors (Lipinski definition) is 29. The molecule has 1 N–H and O–H groups in total. The molecule has 0 bridgehead atoms. The molecule has 6 fully saturated rings. The van der Waals surface area contributed by atoms with Gasteiger partial charge in [-0.15, -0.1) is 0 Å². The van der Waals surface area contributed by atoms with E-state index in [1.54, 1.807) is 58.9 Å². The number of aromatic nitrogens is 9. The molecule has 37 heteroatoms. The summed E-state index contributed by atoms with van der Waals surface area (Å²) < 4.78 is 121. The van der Waals surface area contributed by atoms with Crippen molar-refractivity contribution < 1.29 is 92.2 Å². The smallest absolute Gasteiger partial charge is 0.410 e. The molecule has 3 saturated heterocycles. The zero-order valence-corrected chi connectivity index (χ0v) is 64.5. The van der Waals surface area contributed by atoms with Crippen LogP contribution in [0.2, 0.25) is 5.15 Å². The first kappa shape index (κ1) is 82.8. The topological polar surface area (TPSA) is 400 Å². The Hall–Kier alpha value is -8.80. The number of pyridine rings is 3. The van der Waals surface area contributed by atoms with Gasteiger partial charge >= 0.3 is 23.7 Å². The van der Waals surface area contributed by atoms with E-state index in [1.165, 1.54) is 55.6 Å². The molecule has 9 heterocycles. The summed E-state index contributed by atoms with van der Waals surface area (Å²) in [5.74, 6) is 2.40. The second kappa shape index (κ2) is 37.1. The summed E-state index contributed by atoms with van der Waals surface area (Å²) in [6, 6.07) is 13.4. The predicted molar refractivity (Wildman–Crippen MR) is 383 cm³/mol. The van der Waals surface area contributed by atoms with Gasteiger partial charge < -0.3 is 62.4 Å². The molecule has 3 amide bonds. The van der Waals surface area contributed by atoms with Crippen molar-refractivity contribution in [3.63, 3.8) is 0 Å². The summed E-state index contributed by atoms with van der Waals surface area (Å²) in [7, 11) is -9.89. The minimum absolute atomic E-state index is 0.0188. The fraction of sp³-hybridized carbons (Fsp3) is 0.551. The maximum atomic E-state index is 12.2. The van der Waals surface area contributed by atoms with Gasteiger partial charge in [-0.3, -0.25) is 0 Å². The lowest BCUT2D eigenvalue weighted by molar-refractivity contribution is 0.0111. The molecule has 6 aromatic heterocycles. The second-order valence-electron chi connectivity index (χ2n) is 27.7. The lowest BCUT2D eigenvalue weighted by Gasteiger charge is -2.33. The Bertz CT molecular complexity index is 4240. The first-order valence-corrected chi connectivity index (χ1v) is 39.9. The molecule has 578 valence electrons. The summed E-state index contributed by atoms with van der Waals surface area (Å²) in [6.07, 6.45) is 14.9. The Morgan fingerprint density at radius 3 is 1.04 bits per heavy atom. The molecule has 0 spiro atoms. The van der Waals surface area contributed by atoms with Crippen molar-refractivity contribution in [3.8, 4) is 46.6 Å². The number of carbonyl (C=O) groups excluding carboxylic acids is 4. The zero-order valence-electron chi connectivity index (χ0n) is 60.6. The van der Waals surface area contributed by atoms with Crippen LogP contribution in [0.25, 0.3) is 0 Å². The highest BCUT2D eigenvalue weighted by molar-refractivity contribution is 7.92. The maximum Gasteiger partial charge on any atom is 0.410 e. The molecule has 0 aromatic carbocycles. The van der Waals surface area contributed by atoms with Gasteiger partial charge in [0.2, 0.25) is 29.4 Å². The summed E-state index contributed by atoms with van der Waals surface area (Å²) in [5.41, 5.74) is -1.74. The molecule has 0 atom stereocenters. The number of piperidine rings is 3. The lowest BCUT2D eigenvalue weighted by Crippen LogP contribution is -2.44. The minimum atomic E-state index is -3.34. The Balaban J connectivity index is 0.000000180. The van der Waals surface area contributed by atoms with Crippen LogP contribution in [-0.2, 0) is 48.5 Å². The van der Waals surface area contributed by atoms with E-state index in [4.69, 9.17) is 66.2 Å². The minimum Gasteiger partial charge on any atom is -0.506 e. The van der Waals surface area contributed by atoms with E-state index in [2.05, 4.69) is 49.6 Å². The van der Waals surface area contributed by atoms with Crippen molar-refractivity contribution in [2.45, 2.75) is 219 Å². The molecular weight excluding hydrogens is 1480 g/mol. The van der Waals surface area contributed by atoms with E-state index >= 15 is 0 Å². The van der Waals surface area contributed by atoms with Crippen LogP contribution in [0, 0.1) is 0 Å². The second-order valence-corrected chi connectivity index (χ2v) is 35.0. The van der Waals surface area contributed by atoms with E-state index < -0.39 is 46.1 Å². The van der Waals surface area contributed by atoms with Gasteiger partial charge in [-0.2, -0.15) is 0 Å². The average Bonchev–Trinajstić information content (AvgIpc) is 1.65. The lowest BCUT2D eigenvalue weighted by atomic mass is 10.1. The molecule has 6 aromatic rings. The molecule has 6 aliphatic rings. The van der Waals surface area contributed by atoms with E-state index in [0.717, 1.165) is 31.9 Å². The SMILES string of the molecule is CC(C)(C)OC(=O)N1CCC(Oc2cc(Cl)ncn2)CC1.CC(C)(C)OC(=O)N1CCC(Oc2cc(Oc3ccc(S(=O)(=O)C4CC4)nc3)ncn2)CC1.CC(C)OC(=O)Cl.CC(C)OC(=O)N1CCC(Oc2cc(Oc3ccc(S(=O)(=O)C4CC4)nc3)ncn2)CC1.O=S(=O)(c1ccc(O)cn1)C1CC1. The van der Waals surface area contributed by atoms with Crippen molar-refractivity contribution in [3.05, 3.63) is 97.3 Å². The molecular formula is C69H90Cl2N12O20S3. The molecule has 0 radical (unpaired) electrons. The molecule has 106 heavy (non-hydrogen) atoms. The van der Waals surface area contributed by atoms with Gasteiger partial charge in [-0.1, -0.05) is 11.6 Å². The number of ether oxygens (including phenoxy) is 9. The van der Waals surface area contributed by atoms with Gasteiger partial charge in [0.15, 0.2) is 44.6 Å². The number of likely N-dealkylation sites (tertiary alicyclic amines) is 3. The van der Waals surface area contributed by atoms with E-state index in [1.807, 2.05) is 55.4 Å². The third-order valence-corrected chi connectivity index (χ3v) is 22.4. The molecule has 32 nitrogen and oxygen atoms in total. The van der Waals surface area contributed by atoms with Crippen molar-refractivity contribution >= 4 is 76.4 Å². The molecule has 3 aliphatic heterocycles. The highest BCUT2D eigenvalue weighted by atomic mass is 35.5. The Kier molecular flexibility index (Phi) is 29.0. The van der Waals surface area contributed by atoms with Gasteiger partial charge in [0.1, 0.15) is 70.9 Å². The van der Waals surface area contributed by atoms with Gasteiger partial charge in [0, 0.05) is 95.5 Å². The van der Waals surface area contributed by atoms with E-state index in [-0.39, 0.29) is 97.1 Å². The first-order chi connectivity index (χ1) is 50.0. The third kappa shape index (κ3) is 27.2. The molecule has 3 saturated carbocycles. The highest BCUT2D eigenvalue weighted by Gasteiger charge is 2.40. The number of aromatic hydroxyl groups is 1. The van der Waals surface area contributed by atoms with Crippen molar-refractivity contribution in [1.82, 2.24) is 59.6 Å². The Morgan fingerprint density at radius 1 is 0.434 bits per heavy atom. The number of amides is 3. The fourth-order valence-corrected chi connectivity index (χ4v) is 15.0. The number of halogens is 2. The highest BCUT2D eigenvalue weighted by Crippen LogP contribution is 2.36. The monoisotopic (exact) mass is 1570 g/mol. The van der Waals surface area contributed by atoms with Gasteiger partial charge in [0.05, 0.1) is 58.7 Å². The van der Waals surface area contributed by atoms with Crippen LogP contribution < -0.4 is 23.7 Å². The van der Waals surface area contributed by atoms with Crippen molar-refractivity contribution in [2.75, 3.05) is 39.3 Å². The van der Waals surface area contributed by atoms with Crippen LogP contribution in [-0.4, -0.2) is 210 Å². The van der Waals surface area contributed by atoms with Crippen LogP contribution in [0.4, 0.5) is 19.2 Å². The largest absolute Gasteiger partial charge is 0.506 e. The van der Waals surface area contributed by atoms with Crippen LogP contribution in [0.15, 0.2) is 107 Å². The molecule has 0 unspecified atom stereocenters. The zero-order chi connectivity index (χ0) is 77.2. The summed E-state index contributed by atoms with van der Waals surface area (Å²) >= 11 is 10.6. The first-order valence-electron chi connectivity index (χ1n) is 34.5. The summed E-state index contributed by atoms with van der Waals surface area (Å²) in [6.45, 7) is 21.6. The van der Waals surface area contributed by atoms with Crippen molar-refractivity contribution in [2.24, 2.45) is 0 Å². The van der Waals surface area contributed by atoms with Gasteiger partial charge in [-0.25, -0.2) is 89.3 Å². The van der Waals surface area contributed by atoms with Gasteiger partial charge in [-0.05, 0) is 144 Å². The third-order valence-electron chi connectivity index (χ3n) is 15.6. The number of rotatable bonds is 18. The number of nitrogens with zero attached hydrogens (tertiary/aromatic N) is 12. The number of carbonyl (C=O) groups is 4. The quantitative estimate of drug-likeness (QED) is 0.0474.